The van der Waals surface area contributed by atoms with Crippen molar-refractivity contribution in [1.29, 1.82) is 0 Å². The van der Waals surface area contributed by atoms with Crippen LogP contribution in [0.3, 0.4) is 0 Å². The lowest BCUT2D eigenvalue weighted by Crippen LogP contribution is -2.26. The van der Waals surface area contributed by atoms with Crippen molar-refractivity contribution in [3.8, 4) is 0 Å². The number of hydrogen-bond acceptors (Lipinski definition) is 3. The van der Waals surface area contributed by atoms with Crippen LogP contribution < -0.4 is 10.5 Å². The lowest BCUT2D eigenvalue weighted by Gasteiger charge is -2.15. The van der Waals surface area contributed by atoms with E-state index in [1.54, 1.807) is 55.5 Å². The van der Waals surface area contributed by atoms with E-state index in [1.165, 1.54) is 0 Å². The summed E-state index contributed by atoms with van der Waals surface area (Å²) in [5, 5.41) is 0.617. The molecule has 2 aromatic carbocycles. The van der Waals surface area contributed by atoms with E-state index in [1.807, 2.05) is 0 Å². The molecular formula is C15H17ClN2O2S. The molecule has 6 heteroatoms. The molecule has 2 rings (SSSR count). The fraction of sp³-hybridized carbons (Fsp3) is 0.200. The third kappa shape index (κ3) is 4.04. The molecule has 0 radical (unpaired) electrons. The van der Waals surface area contributed by atoms with Gasteiger partial charge in [-0.25, -0.2) is 13.1 Å². The Morgan fingerprint density at radius 1 is 1.10 bits per heavy atom. The van der Waals surface area contributed by atoms with Crippen molar-refractivity contribution in [1.82, 2.24) is 4.72 Å². The molecule has 1 unspecified atom stereocenters. The predicted octanol–water partition coefficient (Wildman–Crippen LogP) is 2.84. The van der Waals surface area contributed by atoms with E-state index in [2.05, 4.69) is 4.72 Å². The standard InChI is InChI=1S/C15H17ClN2O2S/c1-11(13-4-6-14(16)7-5-13)18-21(19,20)15-8-2-12(10-17)3-9-15/h2-9,11,18H,10,17H2,1H3. The Kier molecular flexibility index (Phi) is 5.00. The van der Waals surface area contributed by atoms with Gasteiger partial charge in [0.15, 0.2) is 0 Å². The zero-order valence-corrected chi connectivity index (χ0v) is 13.2. The number of sulfonamides is 1. The second kappa shape index (κ2) is 6.58. The Bertz CT molecular complexity index is 697. The molecular weight excluding hydrogens is 308 g/mol. The van der Waals surface area contributed by atoms with E-state index in [0.29, 0.717) is 11.6 Å². The molecule has 0 aromatic heterocycles. The Hall–Kier alpha value is -1.40. The van der Waals surface area contributed by atoms with Crippen LogP contribution in [0.5, 0.6) is 0 Å². The van der Waals surface area contributed by atoms with Gasteiger partial charge in [0.1, 0.15) is 0 Å². The molecule has 2 aromatic rings. The molecule has 4 nitrogen and oxygen atoms in total. The van der Waals surface area contributed by atoms with Crippen LogP contribution >= 0.6 is 11.6 Å². The van der Waals surface area contributed by atoms with Gasteiger partial charge in [-0.05, 0) is 42.3 Å². The van der Waals surface area contributed by atoms with Gasteiger partial charge in [0, 0.05) is 17.6 Å². The van der Waals surface area contributed by atoms with Gasteiger partial charge in [0.2, 0.25) is 10.0 Å². The van der Waals surface area contributed by atoms with Gasteiger partial charge in [0.05, 0.1) is 4.90 Å². The van der Waals surface area contributed by atoms with Crippen molar-refractivity contribution in [2.45, 2.75) is 24.4 Å². The largest absolute Gasteiger partial charge is 0.326 e. The Morgan fingerprint density at radius 3 is 2.19 bits per heavy atom. The van der Waals surface area contributed by atoms with Gasteiger partial charge in [-0.1, -0.05) is 35.9 Å². The molecule has 0 fully saturated rings. The quantitative estimate of drug-likeness (QED) is 0.888. The number of nitrogens with one attached hydrogen (secondary N) is 1. The summed E-state index contributed by atoms with van der Waals surface area (Å²) in [4.78, 5) is 0.223. The topological polar surface area (TPSA) is 72.2 Å². The van der Waals surface area contributed by atoms with Gasteiger partial charge in [0.25, 0.3) is 0 Å². The second-order valence-electron chi connectivity index (χ2n) is 4.74. The number of hydrogen-bond donors (Lipinski definition) is 2. The summed E-state index contributed by atoms with van der Waals surface area (Å²) in [5.41, 5.74) is 7.24. The Labute approximate surface area is 130 Å². The highest BCUT2D eigenvalue weighted by Crippen LogP contribution is 2.19. The first-order valence-electron chi connectivity index (χ1n) is 6.49. The monoisotopic (exact) mass is 324 g/mol. The molecule has 0 saturated heterocycles. The summed E-state index contributed by atoms with van der Waals surface area (Å²) >= 11 is 5.83. The fourth-order valence-electron chi connectivity index (χ4n) is 1.92. The summed E-state index contributed by atoms with van der Waals surface area (Å²) < 4.78 is 27.3. The van der Waals surface area contributed by atoms with Crippen LogP contribution in [0.15, 0.2) is 53.4 Å². The third-order valence-corrected chi connectivity index (χ3v) is 4.98. The number of rotatable bonds is 5. The first kappa shape index (κ1) is 16.0. The molecule has 0 aliphatic carbocycles. The first-order valence-corrected chi connectivity index (χ1v) is 8.35. The van der Waals surface area contributed by atoms with Crippen LogP contribution in [0.4, 0.5) is 0 Å². The van der Waals surface area contributed by atoms with E-state index < -0.39 is 10.0 Å². The van der Waals surface area contributed by atoms with E-state index in [0.717, 1.165) is 11.1 Å². The zero-order valence-electron chi connectivity index (χ0n) is 11.6. The van der Waals surface area contributed by atoms with Crippen molar-refractivity contribution < 1.29 is 8.42 Å². The summed E-state index contributed by atoms with van der Waals surface area (Å²) in [6.45, 7) is 2.17. The summed E-state index contributed by atoms with van der Waals surface area (Å²) in [7, 11) is -3.57. The van der Waals surface area contributed by atoms with Crippen LogP contribution in [0.1, 0.15) is 24.1 Å². The molecule has 0 spiro atoms. The van der Waals surface area contributed by atoms with E-state index in [9.17, 15) is 8.42 Å². The molecule has 3 N–H and O–H groups in total. The maximum Gasteiger partial charge on any atom is 0.241 e. The van der Waals surface area contributed by atoms with Crippen molar-refractivity contribution in [2.75, 3.05) is 0 Å². The first-order chi connectivity index (χ1) is 9.92. The van der Waals surface area contributed by atoms with Crippen LogP contribution in [0, 0.1) is 0 Å². The maximum atomic E-state index is 12.3. The van der Waals surface area contributed by atoms with Crippen molar-refractivity contribution >= 4 is 21.6 Å². The van der Waals surface area contributed by atoms with E-state index in [-0.39, 0.29) is 10.9 Å². The fourth-order valence-corrected chi connectivity index (χ4v) is 3.28. The zero-order chi connectivity index (χ0) is 15.5. The Morgan fingerprint density at radius 2 is 1.67 bits per heavy atom. The average Bonchev–Trinajstić information content (AvgIpc) is 2.47. The van der Waals surface area contributed by atoms with Crippen molar-refractivity contribution in [2.24, 2.45) is 5.73 Å². The molecule has 21 heavy (non-hydrogen) atoms. The van der Waals surface area contributed by atoms with Crippen molar-refractivity contribution in [3.05, 3.63) is 64.7 Å². The third-order valence-electron chi connectivity index (χ3n) is 3.17. The average molecular weight is 325 g/mol. The predicted molar refractivity (Wildman–Crippen MR) is 84.5 cm³/mol. The maximum absolute atomic E-state index is 12.3. The SMILES string of the molecule is CC(NS(=O)(=O)c1ccc(CN)cc1)c1ccc(Cl)cc1. The van der Waals surface area contributed by atoms with Crippen molar-refractivity contribution in [3.63, 3.8) is 0 Å². The molecule has 0 bridgehead atoms. The molecule has 1 atom stereocenters. The van der Waals surface area contributed by atoms with Gasteiger partial charge >= 0.3 is 0 Å². The Balaban J connectivity index is 2.17. The number of halogens is 1. The smallest absolute Gasteiger partial charge is 0.241 e. The highest BCUT2D eigenvalue weighted by atomic mass is 35.5. The summed E-state index contributed by atoms with van der Waals surface area (Å²) in [6.07, 6.45) is 0. The van der Waals surface area contributed by atoms with E-state index in [4.69, 9.17) is 17.3 Å². The van der Waals surface area contributed by atoms with Crippen LogP contribution in [0.25, 0.3) is 0 Å². The minimum atomic E-state index is -3.57. The molecule has 112 valence electrons. The van der Waals surface area contributed by atoms with Gasteiger partial charge in [-0.15, -0.1) is 0 Å². The van der Waals surface area contributed by atoms with Gasteiger partial charge in [-0.3, -0.25) is 0 Å². The normalized spacial score (nSPS) is 13.1. The molecule has 0 saturated carbocycles. The van der Waals surface area contributed by atoms with Crippen LogP contribution in [0.2, 0.25) is 5.02 Å². The van der Waals surface area contributed by atoms with Gasteiger partial charge < -0.3 is 5.73 Å². The number of nitrogens with two attached hydrogens (primary N) is 1. The lowest BCUT2D eigenvalue weighted by atomic mass is 10.1. The minimum Gasteiger partial charge on any atom is -0.326 e. The van der Waals surface area contributed by atoms with E-state index >= 15 is 0 Å². The molecule has 0 amide bonds. The second-order valence-corrected chi connectivity index (χ2v) is 6.89. The molecule has 0 aliphatic heterocycles. The minimum absolute atomic E-state index is 0.223. The summed E-state index contributed by atoms with van der Waals surface area (Å²) in [5.74, 6) is 0. The molecule has 0 heterocycles. The summed E-state index contributed by atoms with van der Waals surface area (Å²) in [6, 6.07) is 13.2. The van der Waals surface area contributed by atoms with Crippen LogP contribution in [-0.2, 0) is 16.6 Å². The lowest BCUT2D eigenvalue weighted by molar-refractivity contribution is 0.567. The highest BCUT2D eigenvalue weighted by Gasteiger charge is 2.18. The highest BCUT2D eigenvalue weighted by molar-refractivity contribution is 7.89. The van der Waals surface area contributed by atoms with Crippen LogP contribution in [-0.4, -0.2) is 8.42 Å². The number of benzene rings is 2. The molecule has 0 aliphatic rings. The van der Waals surface area contributed by atoms with Gasteiger partial charge in [-0.2, -0.15) is 0 Å².